The number of aromatic nitrogens is 1. The van der Waals surface area contributed by atoms with Crippen molar-refractivity contribution in [1.29, 1.82) is 0 Å². The lowest BCUT2D eigenvalue weighted by atomic mass is 10.0. The molecule has 0 saturated carbocycles. The zero-order valence-corrected chi connectivity index (χ0v) is 11.7. The Bertz CT molecular complexity index is 456. The number of hydrogen-bond acceptors (Lipinski definition) is 4. The molecule has 2 N–H and O–H groups in total. The van der Waals surface area contributed by atoms with E-state index in [1.807, 2.05) is 13.8 Å². The highest BCUT2D eigenvalue weighted by molar-refractivity contribution is 5.95. The number of amides is 1. The first-order valence-electron chi connectivity index (χ1n) is 6.65. The van der Waals surface area contributed by atoms with Gasteiger partial charge in [0.05, 0.1) is 6.61 Å². The molecule has 1 aliphatic heterocycles. The quantitative estimate of drug-likeness (QED) is 0.866. The van der Waals surface area contributed by atoms with Crippen LogP contribution in [0.5, 0.6) is 0 Å². The number of aryl methyl sites for hydroxylation is 1. The van der Waals surface area contributed by atoms with Gasteiger partial charge in [-0.15, -0.1) is 0 Å². The van der Waals surface area contributed by atoms with E-state index in [1.54, 1.807) is 19.2 Å². The molecule has 104 valence electrons. The highest BCUT2D eigenvalue weighted by atomic mass is 16.5. The van der Waals surface area contributed by atoms with Crippen molar-refractivity contribution in [3.63, 3.8) is 0 Å². The molecule has 5 heteroatoms. The van der Waals surface area contributed by atoms with Crippen molar-refractivity contribution in [1.82, 2.24) is 10.3 Å². The molecule has 2 unspecified atom stereocenters. The van der Waals surface area contributed by atoms with Gasteiger partial charge in [0, 0.05) is 36.9 Å². The summed E-state index contributed by atoms with van der Waals surface area (Å²) in [7, 11) is 1.79. The lowest BCUT2D eigenvalue weighted by Gasteiger charge is -2.19. The van der Waals surface area contributed by atoms with Crippen LogP contribution in [0, 0.1) is 12.8 Å². The highest BCUT2D eigenvalue weighted by Gasteiger charge is 2.24. The van der Waals surface area contributed by atoms with Crippen LogP contribution >= 0.6 is 0 Å². The van der Waals surface area contributed by atoms with E-state index in [9.17, 15) is 4.79 Å². The number of nitrogens with zero attached hydrogens (tertiary/aromatic N) is 1. The highest BCUT2D eigenvalue weighted by Crippen LogP contribution is 2.17. The Labute approximate surface area is 113 Å². The second-order valence-corrected chi connectivity index (χ2v) is 5.02. The number of pyridine rings is 1. The fraction of sp³-hybridized carbons (Fsp3) is 0.571. The van der Waals surface area contributed by atoms with Crippen LogP contribution in [0.4, 0.5) is 5.82 Å². The van der Waals surface area contributed by atoms with Gasteiger partial charge < -0.3 is 15.4 Å². The number of nitrogens with one attached hydrogen (secondary N) is 2. The van der Waals surface area contributed by atoms with E-state index in [1.165, 1.54) is 0 Å². The maximum atomic E-state index is 12.2. The van der Waals surface area contributed by atoms with Crippen LogP contribution in [0.1, 0.15) is 29.4 Å². The Morgan fingerprint density at radius 1 is 1.53 bits per heavy atom. The van der Waals surface area contributed by atoms with Gasteiger partial charge in [-0.25, -0.2) is 4.98 Å². The Hall–Kier alpha value is -1.62. The van der Waals surface area contributed by atoms with Crippen LogP contribution in [0.25, 0.3) is 0 Å². The van der Waals surface area contributed by atoms with E-state index in [4.69, 9.17) is 4.74 Å². The first-order chi connectivity index (χ1) is 9.10. The number of rotatable bonds is 4. The van der Waals surface area contributed by atoms with E-state index >= 15 is 0 Å². The number of carbonyl (C=O) groups is 1. The Kier molecular flexibility index (Phi) is 4.37. The first-order valence-corrected chi connectivity index (χ1v) is 6.65. The summed E-state index contributed by atoms with van der Waals surface area (Å²) < 4.78 is 5.35. The summed E-state index contributed by atoms with van der Waals surface area (Å²) >= 11 is 0. The van der Waals surface area contributed by atoms with Crippen LogP contribution in [0.2, 0.25) is 0 Å². The molecule has 1 aliphatic rings. The van der Waals surface area contributed by atoms with Crippen molar-refractivity contribution in [3.8, 4) is 0 Å². The minimum Gasteiger partial charge on any atom is -0.381 e. The topological polar surface area (TPSA) is 63.2 Å². The normalized spacial score (nSPS) is 20.1. The zero-order valence-electron chi connectivity index (χ0n) is 11.7. The third-order valence-corrected chi connectivity index (χ3v) is 3.50. The van der Waals surface area contributed by atoms with E-state index in [2.05, 4.69) is 15.6 Å². The Balaban J connectivity index is 2.04. The molecule has 0 radical (unpaired) electrons. The van der Waals surface area contributed by atoms with Gasteiger partial charge in [-0.2, -0.15) is 0 Å². The molecule has 2 rings (SSSR count). The smallest absolute Gasteiger partial charge is 0.251 e. The third-order valence-electron chi connectivity index (χ3n) is 3.50. The fourth-order valence-corrected chi connectivity index (χ4v) is 2.28. The van der Waals surface area contributed by atoms with Gasteiger partial charge >= 0.3 is 0 Å². The molecule has 2 atom stereocenters. The van der Waals surface area contributed by atoms with Gasteiger partial charge in [0.2, 0.25) is 0 Å². The van der Waals surface area contributed by atoms with Crippen molar-refractivity contribution < 1.29 is 9.53 Å². The minimum atomic E-state index is -0.0543. The fourth-order valence-electron chi connectivity index (χ4n) is 2.28. The molecule has 19 heavy (non-hydrogen) atoms. The molecule has 1 amide bonds. The molecule has 1 saturated heterocycles. The second-order valence-electron chi connectivity index (χ2n) is 5.02. The van der Waals surface area contributed by atoms with Crippen LogP contribution in [0.3, 0.4) is 0 Å². The molecule has 0 bridgehead atoms. The molecule has 5 nitrogen and oxygen atoms in total. The monoisotopic (exact) mass is 263 g/mol. The molecular formula is C14H21N3O2. The molecule has 0 aromatic carbocycles. The molecule has 1 aromatic rings. The first kappa shape index (κ1) is 13.8. The standard InChI is InChI=1S/C14H21N3O2/c1-9-6-12(7-13(15-3)16-9)14(18)17-10(2)11-4-5-19-8-11/h6-7,10-11H,4-5,8H2,1-3H3,(H,15,16)(H,17,18). The van der Waals surface area contributed by atoms with E-state index in [0.717, 1.165) is 25.3 Å². The van der Waals surface area contributed by atoms with Gasteiger partial charge in [0.15, 0.2) is 0 Å². The lowest BCUT2D eigenvalue weighted by Crippen LogP contribution is -2.38. The number of anilines is 1. The van der Waals surface area contributed by atoms with Crippen LogP contribution in [-0.4, -0.2) is 37.2 Å². The van der Waals surface area contributed by atoms with Gasteiger partial charge in [-0.05, 0) is 32.4 Å². The summed E-state index contributed by atoms with van der Waals surface area (Å²) in [5.74, 6) is 1.07. The number of ether oxygens (including phenoxy) is 1. The number of hydrogen-bond donors (Lipinski definition) is 2. The van der Waals surface area contributed by atoms with Gasteiger partial charge in [-0.3, -0.25) is 4.79 Å². The van der Waals surface area contributed by atoms with Gasteiger partial charge in [-0.1, -0.05) is 0 Å². The predicted molar refractivity (Wildman–Crippen MR) is 74.4 cm³/mol. The maximum Gasteiger partial charge on any atom is 0.251 e. The Morgan fingerprint density at radius 3 is 2.95 bits per heavy atom. The van der Waals surface area contributed by atoms with Crippen molar-refractivity contribution in [3.05, 3.63) is 23.4 Å². The summed E-state index contributed by atoms with van der Waals surface area (Å²) in [4.78, 5) is 16.5. The Morgan fingerprint density at radius 2 is 2.32 bits per heavy atom. The average molecular weight is 263 g/mol. The molecule has 0 spiro atoms. The van der Waals surface area contributed by atoms with Crippen molar-refractivity contribution in [2.24, 2.45) is 5.92 Å². The van der Waals surface area contributed by atoms with Gasteiger partial charge in [0.1, 0.15) is 5.82 Å². The molecular weight excluding hydrogens is 242 g/mol. The summed E-state index contributed by atoms with van der Waals surface area (Å²) in [6, 6.07) is 3.69. The zero-order chi connectivity index (χ0) is 13.8. The van der Waals surface area contributed by atoms with E-state index < -0.39 is 0 Å². The van der Waals surface area contributed by atoms with Crippen LogP contribution in [-0.2, 0) is 4.74 Å². The molecule has 1 aromatic heterocycles. The summed E-state index contributed by atoms with van der Waals surface area (Å²) in [5.41, 5.74) is 1.47. The summed E-state index contributed by atoms with van der Waals surface area (Å²) in [6.07, 6.45) is 1.01. The van der Waals surface area contributed by atoms with Crippen LogP contribution < -0.4 is 10.6 Å². The van der Waals surface area contributed by atoms with Crippen molar-refractivity contribution >= 4 is 11.7 Å². The minimum absolute atomic E-state index is 0.0543. The summed E-state index contributed by atoms with van der Waals surface area (Å²) in [5, 5.41) is 6.00. The number of carbonyl (C=O) groups excluding carboxylic acids is 1. The van der Waals surface area contributed by atoms with Crippen LogP contribution in [0.15, 0.2) is 12.1 Å². The predicted octanol–water partition coefficient (Wildman–Crippen LogP) is 1.59. The van der Waals surface area contributed by atoms with E-state index in [0.29, 0.717) is 17.3 Å². The maximum absolute atomic E-state index is 12.2. The third kappa shape index (κ3) is 3.44. The van der Waals surface area contributed by atoms with Crippen molar-refractivity contribution in [2.75, 3.05) is 25.6 Å². The lowest BCUT2D eigenvalue weighted by molar-refractivity contribution is 0.0922. The molecule has 0 aliphatic carbocycles. The second kappa shape index (κ2) is 6.02. The summed E-state index contributed by atoms with van der Waals surface area (Å²) in [6.45, 7) is 5.44. The largest absolute Gasteiger partial charge is 0.381 e. The SMILES string of the molecule is CNc1cc(C(=O)NC(C)C2CCOC2)cc(C)n1. The molecule has 2 heterocycles. The molecule has 1 fully saturated rings. The average Bonchev–Trinajstić information content (AvgIpc) is 2.91. The van der Waals surface area contributed by atoms with Gasteiger partial charge in [0.25, 0.3) is 5.91 Å². The van der Waals surface area contributed by atoms with E-state index in [-0.39, 0.29) is 11.9 Å². The van der Waals surface area contributed by atoms with Crippen molar-refractivity contribution in [2.45, 2.75) is 26.3 Å².